The number of nitrogens with zero attached hydrogens (tertiary/aromatic N) is 1. The molecule has 0 aliphatic carbocycles. The molecule has 0 aromatic heterocycles. The van der Waals surface area contributed by atoms with Crippen molar-refractivity contribution >= 4 is 27.3 Å². The Hall–Kier alpha value is -1.95. The average molecular weight is 339 g/mol. The van der Waals surface area contributed by atoms with E-state index in [2.05, 4.69) is 21.2 Å². The Bertz CT molecular complexity index is 649. The number of nitro groups is 1. The van der Waals surface area contributed by atoms with Crippen LogP contribution in [-0.2, 0) is 0 Å². The third-order valence-electron chi connectivity index (χ3n) is 2.90. The molecular formula is C14H12BrFN2O2. The topological polar surface area (TPSA) is 55.2 Å². The van der Waals surface area contributed by atoms with Crippen LogP contribution in [0.5, 0.6) is 0 Å². The minimum absolute atomic E-state index is 0.113. The normalized spacial score (nSPS) is 11.9. The number of non-ortho nitro benzene ring substituents is 1. The van der Waals surface area contributed by atoms with Crippen molar-refractivity contribution < 1.29 is 9.31 Å². The summed E-state index contributed by atoms with van der Waals surface area (Å²) < 4.78 is 14.6. The van der Waals surface area contributed by atoms with Crippen LogP contribution < -0.4 is 5.32 Å². The fourth-order valence-corrected chi connectivity index (χ4v) is 2.50. The maximum absolute atomic E-state index is 13.7. The van der Waals surface area contributed by atoms with Crippen molar-refractivity contribution in [1.82, 2.24) is 0 Å². The Morgan fingerprint density at radius 1 is 1.30 bits per heavy atom. The van der Waals surface area contributed by atoms with Gasteiger partial charge in [0.1, 0.15) is 5.82 Å². The molecule has 2 rings (SSSR count). The van der Waals surface area contributed by atoms with Crippen LogP contribution in [0.15, 0.2) is 46.9 Å². The lowest BCUT2D eigenvalue weighted by Crippen LogP contribution is -2.09. The molecule has 0 spiro atoms. The third kappa shape index (κ3) is 3.14. The van der Waals surface area contributed by atoms with E-state index >= 15 is 0 Å². The van der Waals surface area contributed by atoms with E-state index in [9.17, 15) is 14.5 Å². The molecule has 20 heavy (non-hydrogen) atoms. The van der Waals surface area contributed by atoms with Gasteiger partial charge in [0.2, 0.25) is 0 Å². The number of nitro benzene ring substituents is 1. The Morgan fingerprint density at radius 3 is 2.65 bits per heavy atom. The van der Waals surface area contributed by atoms with Crippen molar-refractivity contribution in [1.29, 1.82) is 0 Å². The van der Waals surface area contributed by atoms with Gasteiger partial charge < -0.3 is 5.32 Å². The number of anilines is 1. The standard InChI is InChI=1S/C14H12BrFN2O2/c1-9(11-4-2-3-5-12(11)15)17-14-8-10(18(19)20)6-7-13(14)16/h2-9,17H,1H3. The van der Waals surface area contributed by atoms with Gasteiger partial charge in [-0.05, 0) is 24.6 Å². The summed E-state index contributed by atoms with van der Waals surface area (Å²) in [4.78, 5) is 10.2. The zero-order valence-corrected chi connectivity index (χ0v) is 12.2. The first-order chi connectivity index (χ1) is 9.49. The Labute approximate surface area is 123 Å². The summed E-state index contributed by atoms with van der Waals surface area (Å²) in [6, 6.07) is 10.8. The maximum atomic E-state index is 13.7. The number of halogens is 2. The van der Waals surface area contributed by atoms with Crippen LogP contribution in [0.2, 0.25) is 0 Å². The SMILES string of the molecule is CC(Nc1cc([N+](=O)[O-])ccc1F)c1ccccc1Br. The molecule has 104 valence electrons. The highest BCUT2D eigenvalue weighted by Gasteiger charge is 2.14. The molecule has 0 saturated carbocycles. The predicted octanol–water partition coefficient (Wildman–Crippen LogP) is 4.67. The summed E-state index contributed by atoms with van der Waals surface area (Å²) in [6.45, 7) is 1.86. The summed E-state index contributed by atoms with van der Waals surface area (Å²) >= 11 is 3.42. The minimum Gasteiger partial charge on any atom is -0.376 e. The van der Waals surface area contributed by atoms with Gasteiger partial charge in [0.05, 0.1) is 10.6 Å². The molecule has 0 fully saturated rings. The summed E-state index contributed by atoms with van der Waals surface area (Å²) in [5.41, 5.74) is 0.911. The number of nitrogens with one attached hydrogen (secondary N) is 1. The summed E-state index contributed by atoms with van der Waals surface area (Å²) in [5.74, 6) is -0.519. The lowest BCUT2D eigenvalue weighted by molar-refractivity contribution is -0.384. The van der Waals surface area contributed by atoms with Crippen molar-refractivity contribution in [2.45, 2.75) is 13.0 Å². The van der Waals surface area contributed by atoms with E-state index in [1.165, 1.54) is 6.07 Å². The molecule has 0 aliphatic rings. The smallest absolute Gasteiger partial charge is 0.271 e. The molecule has 0 bridgehead atoms. The molecule has 4 nitrogen and oxygen atoms in total. The molecular weight excluding hydrogens is 327 g/mol. The van der Waals surface area contributed by atoms with Crippen LogP contribution in [0.3, 0.4) is 0 Å². The van der Waals surface area contributed by atoms with Crippen molar-refractivity contribution in [3.05, 3.63) is 68.4 Å². The molecule has 0 heterocycles. The van der Waals surface area contributed by atoms with E-state index in [0.717, 1.165) is 22.2 Å². The summed E-state index contributed by atoms with van der Waals surface area (Å²) in [6.07, 6.45) is 0. The van der Waals surface area contributed by atoms with Gasteiger partial charge in [-0.1, -0.05) is 34.1 Å². The van der Waals surface area contributed by atoms with Gasteiger partial charge in [-0.15, -0.1) is 0 Å². The molecule has 1 unspecified atom stereocenters. The van der Waals surface area contributed by atoms with E-state index in [-0.39, 0.29) is 17.4 Å². The highest BCUT2D eigenvalue weighted by molar-refractivity contribution is 9.10. The summed E-state index contributed by atoms with van der Waals surface area (Å²) in [7, 11) is 0. The van der Waals surface area contributed by atoms with Gasteiger partial charge in [-0.2, -0.15) is 0 Å². The fourth-order valence-electron chi connectivity index (χ4n) is 1.87. The molecule has 0 amide bonds. The summed E-state index contributed by atoms with van der Waals surface area (Å²) in [5, 5.41) is 13.7. The van der Waals surface area contributed by atoms with E-state index in [1.54, 1.807) is 0 Å². The molecule has 1 N–H and O–H groups in total. The van der Waals surface area contributed by atoms with Crippen LogP contribution in [0.4, 0.5) is 15.8 Å². The van der Waals surface area contributed by atoms with Crippen molar-refractivity contribution in [2.24, 2.45) is 0 Å². The number of rotatable bonds is 4. The second-order valence-corrected chi connectivity index (χ2v) is 5.16. The van der Waals surface area contributed by atoms with E-state index < -0.39 is 10.7 Å². The first kappa shape index (κ1) is 14.5. The zero-order chi connectivity index (χ0) is 14.7. The number of hydrogen-bond donors (Lipinski definition) is 1. The molecule has 0 saturated heterocycles. The molecule has 1 atom stereocenters. The van der Waals surface area contributed by atoms with E-state index in [4.69, 9.17) is 0 Å². The van der Waals surface area contributed by atoms with Crippen LogP contribution in [0, 0.1) is 15.9 Å². The first-order valence-corrected chi connectivity index (χ1v) is 6.73. The van der Waals surface area contributed by atoms with Gasteiger partial charge in [0, 0.05) is 22.6 Å². The highest BCUT2D eigenvalue weighted by atomic mass is 79.9. The first-order valence-electron chi connectivity index (χ1n) is 5.94. The zero-order valence-electron chi connectivity index (χ0n) is 10.6. The lowest BCUT2D eigenvalue weighted by Gasteiger charge is -2.17. The molecule has 0 aliphatic heterocycles. The van der Waals surface area contributed by atoms with E-state index in [1.807, 2.05) is 31.2 Å². The van der Waals surface area contributed by atoms with Crippen molar-refractivity contribution in [3.63, 3.8) is 0 Å². The highest BCUT2D eigenvalue weighted by Crippen LogP contribution is 2.28. The van der Waals surface area contributed by atoms with Gasteiger partial charge in [-0.3, -0.25) is 10.1 Å². The van der Waals surface area contributed by atoms with Crippen LogP contribution in [-0.4, -0.2) is 4.92 Å². The van der Waals surface area contributed by atoms with Gasteiger partial charge >= 0.3 is 0 Å². The maximum Gasteiger partial charge on any atom is 0.271 e. The predicted molar refractivity (Wildman–Crippen MR) is 79.2 cm³/mol. The molecule has 0 radical (unpaired) electrons. The Kier molecular flexibility index (Phi) is 4.34. The molecule has 2 aromatic rings. The van der Waals surface area contributed by atoms with Crippen molar-refractivity contribution in [3.8, 4) is 0 Å². The Morgan fingerprint density at radius 2 is 2.00 bits per heavy atom. The van der Waals surface area contributed by atoms with Crippen LogP contribution in [0.25, 0.3) is 0 Å². The second kappa shape index (κ2) is 6.00. The van der Waals surface area contributed by atoms with E-state index in [0.29, 0.717) is 0 Å². The monoisotopic (exact) mass is 338 g/mol. The van der Waals surface area contributed by atoms with Gasteiger partial charge in [0.25, 0.3) is 5.69 Å². The lowest BCUT2D eigenvalue weighted by atomic mass is 10.1. The van der Waals surface area contributed by atoms with Gasteiger partial charge in [-0.25, -0.2) is 4.39 Å². The van der Waals surface area contributed by atoms with Crippen LogP contribution >= 0.6 is 15.9 Å². The number of benzene rings is 2. The second-order valence-electron chi connectivity index (χ2n) is 4.31. The molecule has 6 heteroatoms. The largest absolute Gasteiger partial charge is 0.376 e. The van der Waals surface area contributed by atoms with Gasteiger partial charge in [0.15, 0.2) is 0 Å². The third-order valence-corrected chi connectivity index (χ3v) is 3.63. The molecule has 2 aromatic carbocycles. The quantitative estimate of drug-likeness (QED) is 0.651. The Balaban J connectivity index is 2.28. The minimum atomic E-state index is -0.548. The van der Waals surface area contributed by atoms with Crippen molar-refractivity contribution in [2.75, 3.05) is 5.32 Å². The number of hydrogen-bond acceptors (Lipinski definition) is 3. The van der Waals surface area contributed by atoms with Crippen LogP contribution in [0.1, 0.15) is 18.5 Å². The average Bonchev–Trinajstić information content (AvgIpc) is 2.41. The fraction of sp³-hybridized carbons (Fsp3) is 0.143.